The number of likely N-dealkylation sites (tertiary alicyclic amines) is 1. The van der Waals surface area contributed by atoms with Crippen molar-refractivity contribution in [2.45, 2.75) is 38.3 Å². The largest absolute Gasteiger partial charge is 0.506 e. The van der Waals surface area contributed by atoms with Gasteiger partial charge in [-0.2, -0.15) is 0 Å². The molecule has 2 N–H and O–H groups in total. The lowest BCUT2D eigenvalue weighted by atomic mass is 10.0. The predicted octanol–water partition coefficient (Wildman–Crippen LogP) is 2.65. The van der Waals surface area contributed by atoms with Crippen LogP contribution in [0, 0.1) is 5.92 Å². The van der Waals surface area contributed by atoms with Crippen LogP contribution in [0.2, 0.25) is 0 Å². The van der Waals surface area contributed by atoms with Gasteiger partial charge in [-0.25, -0.2) is 0 Å². The van der Waals surface area contributed by atoms with Gasteiger partial charge in [0.2, 0.25) is 5.91 Å². The van der Waals surface area contributed by atoms with E-state index in [9.17, 15) is 9.90 Å². The van der Waals surface area contributed by atoms with Crippen molar-refractivity contribution < 1.29 is 9.90 Å². The van der Waals surface area contributed by atoms with Gasteiger partial charge in [0.1, 0.15) is 5.75 Å². The van der Waals surface area contributed by atoms with Gasteiger partial charge in [-0.3, -0.25) is 4.79 Å². The molecule has 0 aromatic heterocycles. The summed E-state index contributed by atoms with van der Waals surface area (Å²) >= 11 is 3.33. The van der Waals surface area contributed by atoms with Crippen molar-refractivity contribution in [1.82, 2.24) is 10.2 Å². The number of carbonyl (C=O) groups excluding carboxylic acids is 1. The van der Waals surface area contributed by atoms with Crippen LogP contribution >= 0.6 is 15.9 Å². The van der Waals surface area contributed by atoms with Gasteiger partial charge < -0.3 is 15.3 Å². The molecule has 2 fully saturated rings. The number of hydrogen-bond donors (Lipinski definition) is 2. The highest BCUT2D eigenvalue weighted by Gasteiger charge is 2.34. The number of halogens is 1. The lowest BCUT2D eigenvalue weighted by Gasteiger charge is -2.32. The molecule has 0 spiro atoms. The normalized spacial score (nSPS) is 19.8. The smallest absolute Gasteiger partial charge is 0.225 e. The van der Waals surface area contributed by atoms with Crippen LogP contribution in [0.1, 0.15) is 31.2 Å². The summed E-state index contributed by atoms with van der Waals surface area (Å²) in [5, 5.41) is 13.5. The molecular weight excluding hydrogens is 332 g/mol. The number of hydrogen-bond acceptors (Lipinski definition) is 3. The van der Waals surface area contributed by atoms with Gasteiger partial charge in [-0.15, -0.1) is 0 Å². The second kappa shape index (κ2) is 6.36. The van der Waals surface area contributed by atoms with Gasteiger partial charge in [0.25, 0.3) is 0 Å². The molecule has 3 rings (SSSR count). The lowest BCUT2D eigenvalue weighted by molar-refractivity contribution is -0.133. The standard InChI is InChI=1S/C16H21BrN2O2/c17-14-3-1-2-12(15(14)20)10-18-13-6-8-19(9-7-13)16(21)11-4-5-11/h1-3,11,13,18,20H,4-10H2. The fourth-order valence-electron chi connectivity index (χ4n) is 2.85. The number of nitrogens with zero attached hydrogens (tertiary/aromatic N) is 1. The Kier molecular flexibility index (Phi) is 4.50. The average molecular weight is 353 g/mol. The van der Waals surface area contributed by atoms with Crippen molar-refractivity contribution in [3.05, 3.63) is 28.2 Å². The number of phenolic OH excluding ortho intramolecular Hbond substituents is 1. The van der Waals surface area contributed by atoms with Gasteiger partial charge in [-0.05, 0) is 47.7 Å². The average Bonchev–Trinajstić information content (AvgIpc) is 3.33. The van der Waals surface area contributed by atoms with Crippen LogP contribution in [0.25, 0.3) is 0 Å². The van der Waals surface area contributed by atoms with E-state index in [1.807, 2.05) is 23.1 Å². The first kappa shape index (κ1) is 14.9. The summed E-state index contributed by atoms with van der Waals surface area (Å²) < 4.78 is 0.728. The van der Waals surface area contributed by atoms with Crippen molar-refractivity contribution in [2.24, 2.45) is 5.92 Å². The van der Waals surface area contributed by atoms with Crippen molar-refractivity contribution in [1.29, 1.82) is 0 Å². The van der Waals surface area contributed by atoms with Crippen LogP contribution in [0.3, 0.4) is 0 Å². The Morgan fingerprint density at radius 3 is 2.67 bits per heavy atom. The molecule has 1 saturated heterocycles. The molecule has 1 heterocycles. The van der Waals surface area contributed by atoms with Crippen molar-refractivity contribution >= 4 is 21.8 Å². The number of nitrogens with one attached hydrogen (secondary N) is 1. The van der Waals surface area contributed by atoms with Crippen LogP contribution in [0.5, 0.6) is 5.75 Å². The van der Waals surface area contributed by atoms with E-state index in [1.54, 1.807) is 0 Å². The summed E-state index contributed by atoms with van der Waals surface area (Å²) in [6.07, 6.45) is 4.15. The molecule has 4 nitrogen and oxygen atoms in total. The maximum atomic E-state index is 12.0. The minimum atomic E-state index is 0.311. The number of rotatable bonds is 4. The molecule has 1 aromatic rings. The van der Waals surface area contributed by atoms with E-state index in [-0.39, 0.29) is 0 Å². The molecule has 1 aliphatic heterocycles. The zero-order valence-corrected chi connectivity index (χ0v) is 13.6. The fourth-order valence-corrected chi connectivity index (χ4v) is 3.26. The Balaban J connectivity index is 1.47. The number of amides is 1. The number of benzene rings is 1. The van der Waals surface area contributed by atoms with Crippen LogP contribution in [-0.2, 0) is 11.3 Å². The van der Waals surface area contributed by atoms with E-state index in [4.69, 9.17) is 0 Å². The highest BCUT2D eigenvalue weighted by molar-refractivity contribution is 9.10. The van der Waals surface area contributed by atoms with E-state index in [2.05, 4.69) is 21.2 Å². The first-order chi connectivity index (χ1) is 10.1. The predicted molar refractivity (Wildman–Crippen MR) is 85.0 cm³/mol. The number of phenols is 1. The van der Waals surface area contributed by atoms with Crippen LogP contribution in [-0.4, -0.2) is 35.0 Å². The molecule has 0 unspecified atom stereocenters. The SMILES string of the molecule is O=C(C1CC1)N1CCC(NCc2cccc(Br)c2O)CC1. The molecule has 0 bridgehead atoms. The maximum absolute atomic E-state index is 12.0. The summed E-state index contributed by atoms with van der Waals surface area (Å²) in [4.78, 5) is 14.0. The summed E-state index contributed by atoms with van der Waals surface area (Å²) in [5.74, 6) is 0.998. The van der Waals surface area contributed by atoms with Crippen molar-refractivity contribution in [2.75, 3.05) is 13.1 Å². The highest BCUT2D eigenvalue weighted by Crippen LogP contribution is 2.32. The van der Waals surface area contributed by atoms with Gasteiger partial charge in [0, 0.05) is 37.2 Å². The van der Waals surface area contributed by atoms with Gasteiger partial charge in [0.15, 0.2) is 0 Å². The third kappa shape index (κ3) is 3.58. The van der Waals surface area contributed by atoms with Gasteiger partial charge in [0.05, 0.1) is 4.47 Å². The molecular formula is C16H21BrN2O2. The minimum Gasteiger partial charge on any atom is -0.506 e. The zero-order valence-electron chi connectivity index (χ0n) is 12.0. The quantitative estimate of drug-likeness (QED) is 0.875. The minimum absolute atomic E-state index is 0.311. The molecule has 1 aromatic carbocycles. The van der Waals surface area contributed by atoms with E-state index < -0.39 is 0 Å². The maximum Gasteiger partial charge on any atom is 0.225 e. The summed E-state index contributed by atoms with van der Waals surface area (Å²) in [6, 6.07) is 6.11. The zero-order chi connectivity index (χ0) is 14.8. The first-order valence-electron chi connectivity index (χ1n) is 7.63. The molecule has 114 valence electrons. The molecule has 1 aliphatic carbocycles. The Morgan fingerprint density at radius 1 is 1.29 bits per heavy atom. The summed E-state index contributed by atoms with van der Waals surface area (Å²) in [6.45, 7) is 2.38. The van der Waals surface area contributed by atoms with E-state index in [1.165, 1.54) is 0 Å². The third-order valence-electron chi connectivity index (χ3n) is 4.38. The number of piperidine rings is 1. The van der Waals surface area contributed by atoms with Crippen LogP contribution in [0.4, 0.5) is 0 Å². The van der Waals surface area contributed by atoms with E-state index >= 15 is 0 Å². The molecule has 1 amide bonds. The second-order valence-electron chi connectivity index (χ2n) is 6.00. The lowest BCUT2D eigenvalue weighted by Crippen LogP contribution is -2.45. The molecule has 21 heavy (non-hydrogen) atoms. The van der Waals surface area contributed by atoms with E-state index in [0.29, 0.717) is 30.2 Å². The van der Waals surface area contributed by atoms with Crippen molar-refractivity contribution in [3.63, 3.8) is 0 Å². The Hall–Kier alpha value is -1.07. The topological polar surface area (TPSA) is 52.6 Å². The van der Waals surface area contributed by atoms with Gasteiger partial charge in [-0.1, -0.05) is 12.1 Å². The number of para-hydroxylation sites is 1. The molecule has 5 heteroatoms. The molecule has 0 atom stereocenters. The second-order valence-corrected chi connectivity index (χ2v) is 6.86. The van der Waals surface area contributed by atoms with Crippen molar-refractivity contribution in [3.8, 4) is 5.75 Å². The summed E-state index contributed by atoms with van der Waals surface area (Å²) in [7, 11) is 0. The Labute approximate surface area is 133 Å². The van der Waals surface area contributed by atoms with Crippen LogP contribution < -0.4 is 5.32 Å². The Morgan fingerprint density at radius 2 is 2.00 bits per heavy atom. The number of aromatic hydroxyl groups is 1. The Bertz CT molecular complexity index is 523. The molecule has 0 radical (unpaired) electrons. The van der Waals surface area contributed by atoms with E-state index in [0.717, 1.165) is 48.8 Å². The summed E-state index contributed by atoms with van der Waals surface area (Å²) in [5.41, 5.74) is 0.904. The fraction of sp³-hybridized carbons (Fsp3) is 0.562. The highest BCUT2D eigenvalue weighted by atomic mass is 79.9. The first-order valence-corrected chi connectivity index (χ1v) is 8.43. The third-order valence-corrected chi connectivity index (χ3v) is 5.02. The monoisotopic (exact) mass is 352 g/mol. The number of carbonyl (C=O) groups is 1. The van der Waals surface area contributed by atoms with Gasteiger partial charge >= 0.3 is 0 Å². The molecule has 2 aliphatic rings. The van der Waals surface area contributed by atoms with Crippen LogP contribution in [0.15, 0.2) is 22.7 Å². The molecule has 1 saturated carbocycles.